The van der Waals surface area contributed by atoms with Crippen LogP contribution in [0.1, 0.15) is 38.5 Å². The topological polar surface area (TPSA) is 107 Å². The lowest BCUT2D eigenvalue weighted by Gasteiger charge is -2.36. The number of ether oxygens (including phenoxy) is 1. The molecule has 3 atom stereocenters. The minimum atomic E-state index is -0.510. The van der Waals surface area contributed by atoms with Crippen LogP contribution in [0.5, 0.6) is 0 Å². The van der Waals surface area contributed by atoms with E-state index in [4.69, 9.17) is 10.5 Å². The highest BCUT2D eigenvalue weighted by Gasteiger charge is 2.42. The van der Waals surface area contributed by atoms with E-state index in [1.165, 1.54) is 4.90 Å². The van der Waals surface area contributed by atoms with Crippen LogP contribution in [0.25, 0.3) is 0 Å². The Labute approximate surface area is 164 Å². The Hall–Kier alpha value is -2.70. The molecule has 2 N–H and O–H groups in total. The highest BCUT2D eigenvalue weighted by atomic mass is 16.5. The Bertz CT molecular complexity index is 732. The minimum Gasteiger partial charge on any atom is -0.455 e. The molecule has 7 nitrogen and oxygen atoms in total. The normalized spacial score (nSPS) is 23.7. The highest BCUT2D eigenvalue weighted by Crippen LogP contribution is 2.40. The fraction of sp³-hybridized carbons (Fsp3) is 0.524. The standard InChI is InChI=1S/C21H26N2O5/c22-18(24)9-10-23(17-7-2-1-3-8-17)19(25)13-28-21(27)16-11-14-5-4-6-15(12-16)20(14)26/h1-3,7-8,14-16H,4-6,9-13H2,(H2,22,24)/t14-,15+,16?. The molecule has 0 heterocycles. The first kappa shape index (κ1) is 20.0. The Balaban J connectivity index is 1.58. The number of carbonyl (C=O) groups is 4. The number of carbonyl (C=O) groups excluding carboxylic acids is 4. The molecular weight excluding hydrogens is 360 g/mol. The number of benzene rings is 1. The molecule has 3 rings (SSSR count). The first-order chi connectivity index (χ1) is 13.5. The predicted molar refractivity (Wildman–Crippen MR) is 102 cm³/mol. The predicted octanol–water partition coefficient (Wildman–Crippen LogP) is 1.83. The summed E-state index contributed by atoms with van der Waals surface area (Å²) in [5, 5.41) is 0. The van der Waals surface area contributed by atoms with Crippen molar-refractivity contribution in [3.63, 3.8) is 0 Å². The van der Waals surface area contributed by atoms with Crippen LogP contribution in [0.3, 0.4) is 0 Å². The van der Waals surface area contributed by atoms with Crippen LogP contribution in [0.15, 0.2) is 30.3 Å². The van der Waals surface area contributed by atoms with Gasteiger partial charge in [0.15, 0.2) is 6.61 Å². The number of nitrogens with two attached hydrogens (primary N) is 1. The second kappa shape index (κ2) is 8.99. The molecule has 2 fully saturated rings. The molecule has 0 spiro atoms. The minimum absolute atomic E-state index is 0.0165. The van der Waals surface area contributed by atoms with Gasteiger partial charge in [-0.2, -0.15) is 0 Å². The summed E-state index contributed by atoms with van der Waals surface area (Å²) in [6.45, 7) is -0.274. The zero-order chi connectivity index (χ0) is 20.1. The first-order valence-electron chi connectivity index (χ1n) is 9.79. The Morgan fingerprint density at radius 2 is 1.71 bits per heavy atom. The number of primary amides is 1. The number of amides is 2. The summed E-state index contributed by atoms with van der Waals surface area (Å²) in [6.07, 6.45) is 3.77. The zero-order valence-corrected chi connectivity index (χ0v) is 15.8. The maximum Gasteiger partial charge on any atom is 0.309 e. The molecule has 2 amide bonds. The largest absolute Gasteiger partial charge is 0.455 e. The van der Waals surface area contributed by atoms with Gasteiger partial charge in [-0.05, 0) is 37.8 Å². The van der Waals surface area contributed by atoms with Crippen molar-refractivity contribution < 1.29 is 23.9 Å². The van der Waals surface area contributed by atoms with E-state index in [1.807, 2.05) is 6.07 Å². The lowest BCUT2D eigenvalue weighted by atomic mass is 9.67. The fourth-order valence-corrected chi connectivity index (χ4v) is 4.23. The van der Waals surface area contributed by atoms with E-state index in [0.29, 0.717) is 18.5 Å². The van der Waals surface area contributed by atoms with Crippen LogP contribution >= 0.6 is 0 Å². The summed E-state index contributed by atoms with van der Waals surface area (Å²) in [7, 11) is 0. The average molecular weight is 386 g/mol. The molecule has 2 saturated carbocycles. The first-order valence-corrected chi connectivity index (χ1v) is 9.79. The molecule has 1 unspecified atom stereocenters. The molecular formula is C21H26N2O5. The zero-order valence-electron chi connectivity index (χ0n) is 15.8. The van der Waals surface area contributed by atoms with Crippen molar-refractivity contribution in [3.05, 3.63) is 30.3 Å². The van der Waals surface area contributed by atoms with Crippen molar-refractivity contribution >= 4 is 29.3 Å². The fourth-order valence-electron chi connectivity index (χ4n) is 4.23. The summed E-state index contributed by atoms with van der Waals surface area (Å²) in [4.78, 5) is 49.8. The number of anilines is 1. The summed E-state index contributed by atoms with van der Waals surface area (Å²) < 4.78 is 5.30. The van der Waals surface area contributed by atoms with Crippen LogP contribution in [0, 0.1) is 17.8 Å². The van der Waals surface area contributed by atoms with Gasteiger partial charge in [0.05, 0.1) is 5.92 Å². The van der Waals surface area contributed by atoms with Crippen LogP contribution in [-0.2, 0) is 23.9 Å². The van der Waals surface area contributed by atoms with Crippen LogP contribution in [0.2, 0.25) is 0 Å². The van der Waals surface area contributed by atoms with Crippen molar-refractivity contribution in [2.75, 3.05) is 18.1 Å². The quantitative estimate of drug-likeness (QED) is 0.720. The van der Waals surface area contributed by atoms with Gasteiger partial charge < -0.3 is 15.4 Å². The average Bonchev–Trinajstić information content (AvgIpc) is 2.66. The molecule has 2 aliphatic carbocycles. The third kappa shape index (κ3) is 4.77. The summed E-state index contributed by atoms with van der Waals surface area (Å²) in [6, 6.07) is 8.87. The van der Waals surface area contributed by atoms with Gasteiger partial charge >= 0.3 is 5.97 Å². The number of para-hydroxylation sites is 1. The Morgan fingerprint density at radius 1 is 1.07 bits per heavy atom. The van der Waals surface area contributed by atoms with Gasteiger partial charge in [0.1, 0.15) is 5.78 Å². The third-order valence-electron chi connectivity index (χ3n) is 5.67. The molecule has 2 aliphatic rings. The van der Waals surface area contributed by atoms with Gasteiger partial charge in [-0.15, -0.1) is 0 Å². The molecule has 2 bridgehead atoms. The van der Waals surface area contributed by atoms with Gasteiger partial charge in [-0.1, -0.05) is 24.6 Å². The summed E-state index contributed by atoms with van der Waals surface area (Å²) in [5.41, 5.74) is 5.82. The highest BCUT2D eigenvalue weighted by molar-refractivity contribution is 5.96. The monoisotopic (exact) mass is 386 g/mol. The van der Waals surface area contributed by atoms with E-state index < -0.39 is 24.4 Å². The molecule has 150 valence electrons. The molecule has 0 aromatic heterocycles. The molecule has 0 saturated heterocycles. The van der Waals surface area contributed by atoms with Gasteiger partial charge in [-0.25, -0.2) is 0 Å². The van der Waals surface area contributed by atoms with E-state index in [0.717, 1.165) is 19.3 Å². The smallest absolute Gasteiger partial charge is 0.309 e. The van der Waals surface area contributed by atoms with Gasteiger partial charge in [0.25, 0.3) is 5.91 Å². The summed E-state index contributed by atoms with van der Waals surface area (Å²) >= 11 is 0. The lowest BCUT2D eigenvalue weighted by Crippen LogP contribution is -2.41. The van der Waals surface area contributed by atoms with E-state index in [2.05, 4.69) is 0 Å². The van der Waals surface area contributed by atoms with Crippen molar-refractivity contribution in [3.8, 4) is 0 Å². The lowest BCUT2D eigenvalue weighted by molar-refractivity contribution is -0.156. The number of hydrogen-bond donors (Lipinski definition) is 1. The maximum atomic E-state index is 12.6. The van der Waals surface area contributed by atoms with Crippen molar-refractivity contribution in [1.82, 2.24) is 0 Å². The van der Waals surface area contributed by atoms with E-state index in [1.54, 1.807) is 24.3 Å². The third-order valence-corrected chi connectivity index (χ3v) is 5.67. The molecule has 1 aromatic carbocycles. The molecule has 0 aliphatic heterocycles. The number of fused-ring (bicyclic) bond motifs is 2. The van der Waals surface area contributed by atoms with Gasteiger partial charge in [0, 0.05) is 30.5 Å². The Kier molecular flexibility index (Phi) is 6.44. The van der Waals surface area contributed by atoms with Crippen LogP contribution < -0.4 is 10.6 Å². The summed E-state index contributed by atoms with van der Waals surface area (Å²) in [5.74, 6) is -1.46. The number of rotatable bonds is 7. The van der Waals surface area contributed by atoms with E-state index >= 15 is 0 Å². The number of ketones is 1. The van der Waals surface area contributed by atoms with Crippen molar-refractivity contribution in [1.29, 1.82) is 0 Å². The molecule has 1 aromatic rings. The number of nitrogens with zero attached hydrogens (tertiary/aromatic N) is 1. The van der Waals surface area contributed by atoms with Crippen molar-refractivity contribution in [2.24, 2.45) is 23.5 Å². The molecule has 0 radical (unpaired) electrons. The second-order valence-electron chi connectivity index (χ2n) is 7.60. The number of esters is 1. The SMILES string of the molecule is NC(=O)CCN(C(=O)COC(=O)C1C[C@H]2CCC[C@@H](C1)C2=O)c1ccccc1. The van der Waals surface area contributed by atoms with E-state index in [9.17, 15) is 19.2 Å². The number of Topliss-reactive ketones (excluding diaryl/α,β-unsaturated/α-hetero) is 1. The van der Waals surface area contributed by atoms with Crippen LogP contribution in [-0.4, -0.2) is 36.7 Å². The number of hydrogen-bond acceptors (Lipinski definition) is 5. The van der Waals surface area contributed by atoms with Crippen molar-refractivity contribution in [2.45, 2.75) is 38.5 Å². The van der Waals surface area contributed by atoms with Crippen LogP contribution in [0.4, 0.5) is 5.69 Å². The molecule has 7 heteroatoms. The van der Waals surface area contributed by atoms with E-state index in [-0.39, 0.29) is 36.5 Å². The molecule has 28 heavy (non-hydrogen) atoms. The second-order valence-corrected chi connectivity index (χ2v) is 7.60. The maximum absolute atomic E-state index is 12.6. The van der Waals surface area contributed by atoms with Gasteiger partial charge in [0.2, 0.25) is 5.91 Å². The Morgan fingerprint density at radius 3 is 2.32 bits per heavy atom. The van der Waals surface area contributed by atoms with Gasteiger partial charge in [-0.3, -0.25) is 19.2 Å².